The molecule has 1 aromatic heterocycles. The SMILES string of the molecule is Cc1c(C(C=O)(C(=O)c2cccc(C(F)(F)F)c2)c2cccc(Br)c2O)oc2c(Br)cccc12. The summed E-state index contributed by atoms with van der Waals surface area (Å²) in [6.45, 7) is 1.64. The molecule has 0 saturated heterocycles. The minimum absolute atomic E-state index is 0.0970. The highest BCUT2D eigenvalue weighted by Crippen LogP contribution is 2.46. The van der Waals surface area contributed by atoms with Crippen LogP contribution < -0.4 is 0 Å². The van der Waals surface area contributed by atoms with E-state index in [0.717, 1.165) is 12.1 Å². The van der Waals surface area contributed by atoms with Gasteiger partial charge >= 0.3 is 6.18 Å². The van der Waals surface area contributed by atoms with E-state index in [9.17, 15) is 27.9 Å². The second-order valence-electron chi connectivity index (χ2n) is 7.64. The number of aromatic hydroxyl groups is 1. The molecule has 0 radical (unpaired) electrons. The van der Waals surface area contributed by atoms with Crippen molar-refractivity contribution in [2.24, 2.45) is 0 Å². The number of hydrogen-bond donors (Lipinski definition) is 1. The Morgan fingerprint density at radius 1 is 1.00 bits per heavy atom. The first-order valence-electron chi connectivity index (χ1n) is 9.86. The van der Waals surface area contributed by atoms with Crippen LogP contribution in [0.15, 0.2) is 74.0 Å². The van der Waals surface area contributed by atoms with E-state index in [-0.39, 0.29) is 21.4 Å². The van der Waals surface area contributed by atoms with Crippen LogP contribution in [-0.2, 0) is 16.4 Å². The molecule has 1 N–H and O–H groups in total. The number of furan rings is 1. The molecule has 0 fully saturated rings. The highest BCUT2D eigenvalue weighted by Gasteiger charge is 2.49. The molecule has 0 aliphatic carbocycles. The van der Waals surface area contributed by atoms with Gasteiger partial charge in [0.1, 0.15) is 23.4 Å². The molecule has 1 unspecified atom stereocenters. The van der Waals surface area contributed by atoms with Crippen LogP contribution >= 0.6 is 31.9 Å². The zero-order chi connectivity index (χ0) is 24.8. The van der Waals surface area contributed by atoms with Crippen LogP contribution in [0.5, 0.6) is 5.75 Å². The molecule has 4 aromatic rings. The van der Waals surface area contributed by atoms with Crippen molar-refractivity contribution < 1.29 is 32.3 Å². The minimum atomic E-state index is -4.70. The Balaban J connectivity index is 2.09. The lowest BCUT2D eigenvalue weighted by Gasteiger charge is -2.27. The van der Waals surface area contributed by atoms with Gasteiger partial charge in [0.15, 0.2) is 11.2 Å². The zero-order valence-corrected chi connectivity index (χ0v) is 20.6. The number of fused-ring (bicyclic) bond motifs is 1. The van der Waals surface area contributed by atoms with Crippen LogP contribution in [-0.4, -0.2) is 17.2 Å². The predicted octanol–water partition coefficient (Wildman–Crippen LogP) is 7.36. The Bertz CT molecular complexity index is 1440. The Hall–Kier alpha value is -2.91. The molecular weight excluding hydrogens is 581 g/mol. The van der Waals surface area contributed by atoms with Gasteiger partial charge in [0.2, 0.25) is 0 Å². The number of aryl methyl sites for hydroxylation is 1. The van der Waals surface area contributed by atoms with Crippen molar-refractivity contribution in [3.8, 4) is 5.75 Å². The van der Waals surface area contributed by atoms with Gasteiger partial charge in [-0.05, 0) is 63.0 Å². The predicted molar refractivity (Wildman–Crippen MR) is 127 cm³/mol. The van der Waals surface area contributed by atoms with Gasteiger partial charge in [-0.25, -0.2) is 0 Å². The number of carbonyl (C=O) groups excluding carboxylic acids is 2. The number of phenolic OH excluding ortho intramolecular Hbond substituents is 1. The van der Waals surface area contributed by atoms with E-state index in [4.69, 9.17) is 4.42 Å². The van der Waals surface area contributed by atoms with Crippen molar-refractivity contribution in [2.75, 3.05) is 0 Å². The third-order valence-corrected chi connectivity index (χ3v) is 6.94. The normalized spacial score (nSPS) is 13.6. The number of aldehydes is 1. The van der Waals surface area contributed by atoms with E-state index in [1.807, 2.05) is 0 Å². The van der Waals surface area contributed by atoms with Crippen LogP contribution in [0.1, 0.15) is 32.8 Å². The maximum Gasteiger partial charge on any atom is 0.416 e. The number of benzene rings is 3. The Morgan fingerprint density at radius 2 is 1.65 bits per heavy atom. The van der Waals surface area contributed by atoms with Crippen molar-refractivity contribution in [3.63, 3.8) is 0 Å². The summed E-state index contributed by atoms with van der Waals surface area (Å²) < 4.78 is 46.9. The van der Waals surface area contributed by atoms with Crippen molar-refractivity contribution in [1.29, 1.82) is 0 Å². The molecule has 0 saturated carbocycles. The van der Waals surface area contributed by atoms with Crippen molar-refractivity contribution in [2.45, 2.75) is 18.5 Å². The number of halogens is 5. The summed E-state index contributed by atoms with van der Waals surface area (Å²) in [5.41, 5.74) is -3.00. The molecule has 1 heterocycles. The van der Waals surface area contributed by atoms with Gasteiger partial charge in [0.25, 0.3) is 0 Å². The molecule has 0 bridgehead atoms. The number of ketones is 1. The van der Waals surface area contributed by atoms with E-state index < -0.39 is 28.7 Å². The van der Waals surface area contributed by atoms with Crippen molar-refractivity contribution in [3.05, 3.63) is 97.6 Å². The third-order valence-electron chi connectivity index (χ3n) is 5.67. The van der Waals surface area contributed by atoms with Crippen LogP contribution in [0, 0.1) is 6.92 Å². The number of hydrogen-bond acceptors (Lipinski definition) is 4. The van der Waals surface area contributed by atoms with E-state index in [1.54, 1.807) is 25.1 Å². The third kappa shape index (κ3) is 3.76. The first-order valence-corrected chi connectivity index (χ1v) is 11.5. The molecule has 1 atom stereocenters. The fourth-order valence-corrected chi connectivity index (χ4v) is 4.81. The molecule has 0 spiro atoms. The average molecular weight is 596 g/mol. The summed E-state index contributed by atoms with van der Waals surface area (Å²) >= 11 is 6.56. The molecule has 0 aliphatic heterocycles. The summed E-state index contributed by atoms with van der Waals surface area (Å²) in [6.07, 6.45) is -4.39. The second-order valence-corrected chi connectivity index (χ2v) is 9.35. The fourth-order valence-electron chi connectivity index (χ4n) is 4.00. The lowest BCUT2D eigenvalue weighted by atomic mass is 9.72. The maximum absolute atomic E-state index is 14.0. The van der Waals surface area contributed by atoms with Gasteiger partial charge in [0, 0.05) is 22.1 Å². The molecule has 3 aromatic carbocycles. The van der Waals surface area contributed by atoms with Crippen LogP contribution in [0.4, 0.5) is 13.2 Å². The fraction of sp³-hybridized carbons (Fsp3) is 0.120. The highest BCUT2D eigenvalue weighted by atomic mass is 79.9. The molecule has 4 nitrogen and oxygen atoms in total. The van der Waals surface area contributed by atoms with E-state index >= 15 is 0 Å². The van der Waals surface area contributed by atoms with Gasteiger partial charge in [-0.15, -0.1) is 0 Å². The summed E-state index contributed by atoms with van der Waals surface area (Å²) in [5, 5.41) is 11.4. The summed E-state index contributed by atoms with van der Waals surface area (Å²) in [5.74, 6) is -1.48. The lowest BCUT2D eigenvalue weighted by Crippen LogP contribution is -2.39. The lowest BCUT2D eigenvalue weighted by molar-refractivity contribution is -0.137. The smallest absolute Gasteiger partial charge is 0.416 e. The van der Waals surface area contributed by atoms with Crippen molar-refractivity contribution >= 4 is 54.9 Å². The Labute approximate surface area is 208 Å². The maximum atomic E-state index is 14.0. The van der Waals surface area contributed by atoms with Crippen LogP contribution in [0.2, 0.25) is 0 Å². The Morgan fingerprint density at radius 3 is 2.29 bits per heavy atom. The number of alkyl halides is 3. The monoisotopic (exact) mass is 594 g/mol. The zero-order valence-electron chi connectivity index (χ0n) is 17.4. The van der Waals surface area contributed by atoms with Gasteiger partial charge in [-0.1, -0.05) is 36.4 Å². The quantitative estimate of drug-likeness (QED) is 0.149. The van der Waals surface area contributed by atoms with Gasteiger partial charge in [-0.3, -0.25) is 4.79 Å². The number of Topliss-reactive ketones (excluding diaryl/α,β-unsaturated/α-hetero) is 1. The number of carbonyl (C=O) groups is 2. The van der Waals surface area contributed by atoms with Crippen LogP contribution in [0.3, 0.4) is 0 Å². The summed E-state index contributed by atoms with van der Waals surface area (Å²) in [4.78, 5) is 26.8. The minimum Gasteiger partial charge on any atom is -0.506 e. The molecule has 174 valence electrons. The standard InChI is InChI=1S/C25H15Br2F3O4/c1-13-16-7-3-10-19(27)21(16)34-23(13)24(12-31,17-8-4-9-18(26)20(17)32)22(33)14-5-2-6-15(11-14)25(28,29)30/h2-12,32H,1H3. The molecule has 4 rings (SSSR count). The van der Waals surface area contributed by atoms with Crippen LogP contribution in [0.25, 0.3) is 11.0 Å². The van der Waals surface area contributed by atoms with Gasteiger partial charge < -0.3 is 14.3 Å². The highest BCUT2D eigenvalue weighted by molar-refractivity contribution is 9.11. The summed E-state index contributed by atoms with van der Waals surface area (Å²) in [6, 6.07) is 13.4. The largest absolute Gasteiger partial charge is 0.506 e. The number of phenols is 1. The van der Waals surface area contributed by atoms with E-state index in [0.29, 0.717) is 33.4 Å². The molecule has 9 heteroatoms. The van der Waals surface area contributed by atoms with E-state index in [2.05, 4.69) is 31.9 Å². The molecule has 34 heavy (non-hydrogen) atoms. The molecule has 0 aliphatic rings. The number of rotatable bonds is 5. The summed E-state index contributed by atoms with van der Waals surface area (Å²) in [7, 11) is 0. The van der Waals surface area contributed by atoms with E-state index in [1.165, 1.54) is 24.3 Å². The first-order chi connectivity index (χ1) is 16.0. The number of para-hydroxylation sites is 2. The van der Waals surface area contributed by atoms with Gasteiger partial charge in [0.05, 0.1) is 14.5 Å². The first kappa shape index (κ1) is 24.2. The second kappa shape index (κ2) is 8.70. The van der Waals surface area contributed by atoms with Crippen molar-refractivity contribution in [1.82, 2.24) is 0 Å². The molecule has 0 amide bonds. The average Bonchev–Trinajstić information content (AvgIpc) is 3.15. The topological polar surface area (TPSA) is 67.5 Å². The van der Waals surface area contributed by atoms with Gasteiger partial charge in [-0.2, -0.15) is 13.2 Å². The Kier molecular flexibility index (Phi) is 6.20. The molecular formula is C25H15Br2F3O4.